The second-order valence-electron chi connectivity index (χ2n) is 8.13. The molecule has 0 aliphatic carbocycles. The fourth-order valence-corrected chi connectivity index (χ4v) is 4.77. The molecule has 0 aliphatic rings. The summed E-state index contributed by atoms with van der Waals surface area (Å²) in [4.78, 5) is 22.8. The van der Waals surface area contributed by atoms with Gasteiger partial charge in [-0.25, -0.2) is 22.0 Å². The molecular weight excluding hydrogens is 530 g/mol. The third-order valence-corrected chi connectivity index (χ3v) is 6.97. The Kier molecular flexibility index (Phi) is 7.22. The SMILES string of the molecule is COC(=O)CCC(=O)NS(=O)(=O)c1ccc(-c2cnn3cc(C(F)(F)F)cc(-c4cccc(F)c4)c23)cc1. The van der Waals surface area contributed by atoms with E-state index in [1.807, 2.05) is 4.72 Å². The van der Waals surface area contributed by atoms with Crippen molar-refractivity contribution in [1.29, 1.82) is 0 Å². The van der Waals surface area contributed by atoms with E-state index < -0.39 is 45.9 Å². The summed E-state index contributed by atoms with van der Waals surface area (Å²) in [5.74, 6) is -2.21. The van der Waals surface area contributed by atoms with Gasteiger partial charge in [0.05, 0.1) is 35.7 Å². The maximum Gasteiger partial charge on any atom is 0.417 e. The maximum atomic E-state index is 13.9. The summed E-state index contributed by atoms with van der Waals surface area (Å²) in [6.07, 6.45) is -3.25. The maximum absolute atomic E-state index is 13.9. The molecule has 1 amide bonds. The number of sulfonamides is 1. The van der Waals surface area contributed by atoms with Gasteiger partial charge in [-0.2, -0.15) is 18.3 Å². The van der Waals surface area contributed by atoms with Crippen LogP contribution in [0.3, 0.4) is 0 Å². The molecule has 13 heteroatoms. The summed E-state index contributed by atoms with van der Waals surface area (Å²) in [6, 6.07) is 11.2. The molecule has 0 aliphatic heterocycles. The fraction of sp³-hybridized carbons (Fsp3) is 0.160. The zero-order valence-electron chi connectivity index (χ0n) is 19.6. The number of benzene rings is 2. The topological polar surface area (TPSA) is 107 Å². The largest absolute Gasteiger partial charge is 0.469 e. The van der Waals surface area contributed by atoms with Crippen LogP contribution in [0.25, 0.3) is 27.8 Å². The van der Waals surface area contributed by atoms with Crippen LogP contribution in [-0.4, -0.2) is 37.0 Å². The van der Waals surface area contributed by atoms with Crippen LogP contribution in [0.2, 0.25) is 0 Å². The number of pyridine rings is 1. The number of aromatic nitrogens is 2. The Morgan fingerprint density at radius 1 is 1.00 bits per heavy atom. The number of amides is 1. The van der Waals surface area contributed by atoms with Crippen LogP contribution in [-0.2, 0) is 30.5 Å². The van der Waals surface area contributed by atoms with Gasteiger partial charge < -0.3 is 4.74 Å². The van der Waals surface area contributed by atoms with Gasteiger partial charge in [0.25, 0.3) is 10.0 Å². The molecule has 0 saturated carbocycles. The van der Waals surface area contributed by atoms with E-state index in [1.54, 1.807) is 0 Å². The molecule has 4 rings (SSSR count). The minimum atomic E-state index is -4.68. The number of halogens is 4. The number of methoxy groups -OCH3 is 1. The first-order chi connectivity index (χ1) is 17.9. The second kappa shape index (κ2) is 10.2. The molecule has 0 unspecified atom stereocenters. The summed E-state index contributed by atoms with van der Waals surface area (Å²) in [7, 11) is -3.12. The smallest absolute Gasteiger partial charge is 0.417 e. The van der Waals surface area contributed by atoms with Gasteiger partial charge in [-0.05, 0) is 41.5 Å². The number of hydrogen-bond donors (Lipinski definition) is 1. The van der Waals surface area contributed by atoms with E-state index >= 15 is 0 Å². The van der Waals surface area contributed by atoms with E-state index in [9.17, 15) is 35.6 Å². The lowest BCUT2D eigenvalue weighted by Crippen LogP contribution is -2.30. The predicted octanol–water partition coefficient (Wildman–Crippen LogP) is 4.58. The summed E-state index contributed by atoms with van der Waals surface area (Å²) in [5, 5.41) is 4.04. The van der Waals surface area contributed by atoms with Gasteiger partial charge in [-0.3, -0.25) is 9.59 Å². The Morgan fingerprint density at radius 3 is 2.34 bits per heavy atom. The van der Waals surface area contributed by atoms with E-state index in [0.29, 0.717) is 11.1 Å². The predicted molar refractivity (Wildman–Crippen MR) is 128 cm³/mol. The third-order valence-electron chi connectivity index (χ3n) is 5.58. The van der Waals surface area contributed by atoms with Gasteiger partial charge in [-0.15, -0.1) is 0 Å². The Labute approximate surface area is 213 Å². The van der Waals surface area contributed by atoms with E-state index in [-0.39, 0.29) is 28.0 Å². The summed E-state index contributed by atoms with van der Waals surface area (Å²) in [5.41, 5.74) is 0.300. The quantitative estimate of drug-likeness (QED) is 0.267. The molecule has 2 heterocycles. The van der Waals surface area contributed by atoms with Gasteiger partial charge >= 0.3 is 12.1 Å². The molecule has 0 bridgehead atoms. The zero-order valence-corrected chi connectivity index (χ0v) is 20.4. The number of ether oxygens (including phenoxy) is 1. The number of alkyl halides is 3. The summed E-state index contributed by atoms with van der Waals surface area (Å²) >= 11 is 0. The average molecular weight is 550 g/mol. The Balaban J connectivity index is 1.72. The van der Waals surface area contributed by atoms with E-state index in [4.69, 9.17) is 0 Å². The number of nitrogens with one attached hydrogen (secondary N) is 1. The van der Waals surface area contributed by atoms with Crippen LogP contribution in [0.4, 0.5) is 17.6 Å². The van der Waals surface area contributed by atoms with E-state index in [1.165, 1.54) is 48.7 Å². The number of carbonyl (C=O) groups excluding carboxylic acids is 2. The van der Waals surface area contributed by atoms with Gasteiger partial charge in [0, 0.05) is 23.7 Å². The molecule has 1 N–H and O–H groups in total. The number of fused-ring (bicyclic) bond motifs is 1. The first-order valence-corrected chi connectivity index (χ1v) is 12.4. The fourth-order valence-electron chi connectivity index (χ4n) is 3.75. The summed E-state index contributed by atoms with van der Waals surface area (Å²) in [6.45, 7) is 0. The molecule has 0 saturated heterocycles. The first-order valence-electron chi connectivity index (χ1n) is 11.0. The number of hydrogen-bond acceptors (Lipinski definition) is 6. The normalized spacial score (nSPS) is 11.9. The lowest BCUT2D eigenvalue weighted by atomic mass is 9.98. The monoisotopic (exact) mass is 549 g/mol. The highest BCUT2D eigenvalue weighted by molar-refractivity contribution is 7.90. The average Bonchev–Trinajstić information content (AvgIpc) is 3.30. The van der Waals surface area contributed by atoms with Crippen molar-refractivity contribution in [2.24, 2.45) is 0 Å². The van der Waals surface area contributed by atoms with E-state index in [0.717, 1.165) is 30.0 Å². The van der Waals surface area contributed by atoms with Crippen LogP contribution in [0.15, 0.2) is 71.9 Å². The highest BCUT2D eigenvalue weighted by Gasteiger charge is 2.32. The molecule has 198 valence electrons. The van der Waals surface area contributed by atoms with Gasteiger partial charge in [0.15, 0.2) is 0 Å². The van der Waals surface area contributed by atoms with Crippen molar-refractivity contribution in [3.8, 4) is 22.3 Å². The standard InChI is InChI=1S/C25H19F4N3O5S/c1-37-23(34)10-9-22(33)31-38(35,36)19-7-5-15(6-8-19)21-13-30-32-14-17(25(27,28)29)12-20(24(21)32)16-3-2-4-18(26)11-16/h2-8,11-14H,9-10H2,1H3,(H,31,33). The van der Waals surface area contributed by atoms with Crippen molar-refractivity contribution in [3.63, 3.8) is 0 Å². The molecule has 0 fully saturated rings. The lowest BCUT2D eigenvalue weighted by Gasteiger charge is -2.13. The van der Waals surface area contributed by atoms with Crippen LogP contribution >= 0.6 is 0 Å². The molecule has 4 aromatic rings. The van der Waals surface area contributed by atoms with E-state index in [2.05, 4.69) is 9.84 Å². The second-order valence-corrected chi connectivity index (χ2v) is 9.81. The van der Waals surface area contributed by atoms with Gasteiger partial charge in [-0.1, -0.05) is 24.3 Å². The van der Waals surface area contributed by atoms with Crippen molar-refractivity contribution in [2.45, 2.75) is 23.9 Å². The number of carbonyl (C=O) groups is 2. The number of esters is 1. The molecule has 38 heavy (non-hydrogen) atoms. The molecule has 0 atom stereocenters. The Hall–Kier alpha value is -4.26. The molecule has 0 radical (unpaired) electrons. The Morgan fingerprint density at radius 2 is 1.71 bits per heavy atom. The molecule has 0 spiro atoms. The number of rotatable bonds is 7. The minimum Gasteiger partial charge on any atom is -0.469 e. The van der Waals surface area contributed by atoms with Crippen molar-refractivity contribution >= 4 is 27.4 Å². The van der Waals surface area contributed by atoms with Crippen molar-refractivity contribution < 1.29 is 40.3 Å². The van der Waals surface area contributed by atoms with Crippen LogP contribution in [0.5, 0.6) is 0 Å². The van der Waals surface area contributed by atoms with Gasteiger partial charge in [0.1, 0.15) is 5.82 Å². The summed E-state index contributed by atoms with van der Waals surface area (Å²) < 4.78 is 87.0. The lowest BCUT2D eigenvalue weighted by molar-refractivity contribution is -0.142. The molecule has 2 aromatic heterocycles. The van der Waals surface area contributed by atoms with Crippen LogP contribution in [0.1, 0.15) is 18.4 Å². The van der Waals surface area contributed by atoms with Crippen LogP contribution < -0.4 is 4.72 Å². The van der Waals surface area contributed by atoms with Gasteiger partial charge in [0.2, 0.25) is 5.91 Å². The van der Waals surface area contributed by atoms with Crippen molar-refractivity contribution in [1.82, 2.24) is 14.3 Å². The zero-order chi connectivity index (χ0) is 27.7. The van der Waals surface area contributed by atoms with Crippen LogP contribution in [0, 0.1) is 5.82 Å². The molecule has 2 aromatic carbocycles. The van der Waals surface area contributed by atoms with Crippen molar-refractivity contribution in [3.05, 3.63) is 78.4 Å². The van der Waals surface area contributed by atoms with Crippen molar-refractivity contribution in [2.75, 3.05) is 7.11 Å². The highest BCUT2D eigenvalue weighted by atomic mass is 32.2. The minimum absolute atomic E-state index is 0.0707. The molecular formula is C25H19F4N3O5S. The Bertz CT molecular complexity index is 1630. The molecule has 8 nitrogen and oxygen atoms in total. The third kappa shape index (κ3) is 5.67. The first kappa shape index (κ1) is 26.8. The highest BCUT2D eigenvalue weighted by Crippen LogP contribution is 2.38. The number of nitrogens with zero attached hydrogens (tertiary/aromatic N) is 2.